The van der Waals surface area contributed by atoms with Crippen molar-refractivity contribution >= 4 is 17.6 Å². The van der Waals surface area contributed by atoms with Gasteiger partial charge in [-0.05, 0) is 18.6 Å². The number of nitrogens with one attached hydrogen (secondary N) is 1. The van der Waals surface area contributed by atoms with Gasteiger partial charge < -0.3 is 16.2 Å². The molecule has 0 radical (unpaired) electrons. The molecule has 1 atom stereocenters. The summed E-state index contributed by atoms with van der Waals surface area (Å²) >= 11 is 0. The minimum atomic E-state index is -1.44. The molecule has 1 aromatic carbocycles. The number of rotatable bonds is 4. The summed E-state index contributed by atoms with van der Waals surface area (Å²) in [5, 5.41) is 11.1. The SMILES string of the molecule is CC[C@H](N)C(=O)Nc1cccc(F)c1C(=O)O. The van der Waals surface area contributed by atoms with Crippen LogP contribution in [0.15, 0.2) is 18.2 Å². The van der Waals surface area contributed by atoms with E-state index in [0.29, 0.717) is 6.42 Å². The highest BCUT2D eigenvalue weighted by Gasteiger charge is 2.19. The van der Waals surface area contributed by atoms with Gasteiger partial charge in [0.2, 0.25) is 5.91 Å². The van der Waals surface area contributed by atoms with E-state index in [1.807, 2.05) is 0 Å². The fraction of sp³-hybridized carbons (Fsp3) is 0.273. The van der Waals surface area contributed by atoms with Gasteiger partial charge >= 0.3 is 5.97 Å². The van der Waals surface area contributed by atoms with Crippen molar-refractivity contribution in [2.75, 3.05) is 5.32 Å². The zero-order chi connectivity index (χ0) is 13.0. The zero-order valence-electron chi connectivity index (χ0n) is 9.24. The number of halogens is 1. The lowest BCUT2D eigenvalue weighted by atomic mass is 10.1. The van der Waals surface area contributed by atoms with Crippen molar-refractivity contribution in [3.05, 3.63) is 29.6 Å². The first-order valence-corrected chi connectivity index (χ1v) is 5.05. The van der Waals surface area contributed by atoms with Gasteiger partial charge in [-0.25, -0.2) is 9.18 Å². The molecule has 1 amide bonds. The van der Waals surface area contributed by atoms with E-state index in [-0.39, 0.29) is 5.69 Å². The average molecular weight is 240 g/mol. The molecule has 0 unspecified atom stereocenters. The molecule has 6 heteroatoms. The molecule has 5 nitrogen and oxygen atoms in total. The van der Waals surface area contributed by atoms with Crippen LogP contribution in [0.2, 0.25) is 0 Å². The smallest absolute Gasteiger partial charge is 0.340 e. The van der Waals surface area contributed by atoms with Crippen LogP contribution in [0, 0.1) is 5.82 Å². The molecule has 92 valence electrons. The third-order valence-electron chi connectivity index (χ3n) is 2.26. The molecule has 0 spiro atoms. The lowest BCUT2D eigenvalue weighted by molar-refractivity contribution is -0.117. The third kappa shape index (κ3) is 3.01. The van der Waals surface area contributed by atoms with E-state index in [1.54, 1.807) is 6.92 Å². The first kappa shape index (κ1) is 13.1. The van der Waals surface area contributed by atoms with Crippen molar-refractivity contribution in [1.82, 2.24) is 0 Å². The normalized spacial score (nSPS) is 11.9. The van der Waals surface area contributed by atoms with E-state index in [4.69, 9.17) is 10.8 Å². The highest BCUT2D eigenvalue weighted by atomic mass is 19.1. The molecule has 0 saturated heterocycles. The number of nitrogens with two attached hydrogens (primary N) is 1. The predicted molar refractivity (Wildman–Crippen MR) is 60.3 cm³/mol. The second-order valence-corrected chi connectivity index (χ2v) is 3.47. The Kier molecular flexibility index (Phi) is 4.17. The molecule has 0 aliphatic carbocycles. The largest absolute Gasteiger partial charge is 0.478 e. The topological polar surface area (TPSA) is 92.4 Å². The molecular formula is C11H13FN2O3. The molecule has 0 fully saturated rings. The van der Waals surface area contributed by atoms with Crippen LogP contribution in [0.5, 0.6) is 0 Å². The molecule has 0 aromatic heterocycles. The number of carboxylic acids is 1. The summed E-state index contributed by atoms with van der Waals surface area (Å²) in [7, 11) is 0. The highest BCUT2D eigenvalue weighted by molar-refractivity contribution is 6.02. The van der Waals surface area contributed by atoms with E-state index in [9.17, 15) is 14.0 Å². The first-order valence-electron chi connectivity index (χ1n) is 5.05. The van der Waals surface area contributed by atoms with Crippen LogP contribution in [-0.4, -0.2) is 23.0 Å². The number of carbonyl (C=O) groups excluding carboxylic acids is 1. The fourth-order valence-corrected chi connectivity index (χ4v) is 1.26. The maximum Gasteiger partial charge on any atom is 0.340 e. The summed E-state index contributed by atoms with van der Waals surface area (Å²) in [5.74, 6) is -2.88. The average Bonchev–Trinajstić information content (AvgIpc) is 2.27. The van der Waals surface area contributed by atoms with E-state index in [0.717, 1.165) is 6.07 Å². The predicted octanol–water partition coefficient (Wildman–Crippen LogP) is 1.20. The molecule has 0 aliphatic heterocycles. The van der Waals surface area contributed by atoms with Crippen molar-refractivity contribution in [2.45, 2.75) is 19.4 Å². The Bertz CT molecular complexity index is 448. The zero-order valence-corrected chi connectivity index (χ0v) is 9.24. The lowest BCUT2D eigenvalue weighted by Crippen LogP contribution is -2.35. The van der Waals surface area contributed by atoms with Crippen LogP contribution in [0.1, 0.15) is 23.7 Å². The third-order valence-corrected chi connectivity index (χ3v) is 2.26. The molecule has 0 heterocycles. The number of aromatic carboxylic acids is 1. The Hall–Kier alpha value is -1.95. The monoisotopic (exact) mass is 240 g/mol. The number of carboxylic acid groups (broad SMARTS) is 1. The van der Waals surface area contributed by atoms with Crippen LogP contribution in [0.4, 0.5) is 10.1 Å². The van der Waals surface area contributed by atoms with Gasteiger partial charge in [0.05, 0.1) is 11.7 Å². The number of amides is 1. The number of anilines is 1. The van der Waals surface area contributed by atoms with Gasteiger partial charge in [0, 0.05) is 0 Å². The first-order chi connectivity index (χ1) is 7.97. The fourth-order valence-electron chi connectivity index (χ4n) is 1.26. The minimum Gasteiger partial charge on any atom is -0.478 e. The van der Waals surface area contributed by atoms with Crippen molar-refractivity contribution in [3.8, 4) is 0 Å². The van der Waals surface area contributed by atoms with Crippen molar-refractivity contribution in [2.24, 2.45) is 5.73 Å². The van der Waals surface area contributed by atoms with Gasteiger partial charge in [-0.15, -0.1) is 0 Å². The molecule has 17 heavy (non-hydrogen) atoms. The summed E-state index contributed by atoms with van der Waals surface area (Å²) in [5.41, 5.74) is 4.82. The second kappa shape index (κ2) is 5.40. The molecule has 0 bridgehead atoms. The molecule has 0 saturated carbocycles. The Morgan fingerprint density at radius 1 is 1.53 bits per heavy atom. The van der Waals surface area contributed by atoms with E-state index < -0.39 is 29.3 Å². The van der Waals surface area contributed by atoms with Gasteiger partial charge in [-0.1, -0.05) is 13.0 Å². The summed E-state index contributed by atoms with van der Waals surface area (Å²) in [6, 6.07) is 2.89. The summed E-state index contributed by atoms with van der Waals surface area (Å²) < 4.78 is 13.3. The second-order valence-electron chi connectivity index (χ2n) is 3.47. The molecule has 4 N–H and O–H groups in total. The van der Waals surface area contributed by atoms with Gasteiger partial charge in [0.15, 0.2) is 0 Å². The molecule has 1 aromatic rings. The van der Waals surface area contributed by atoms with Crippen LogP contribution in [0.3, 0.4) is 0 Å². The molecule has 1 rings (SSSR count). The Balaban J connectivity index is 3.03. The number of hydrogen-bond donors (Lipinski definition) is 3. The van der Waals surface area contributed by atoms with Crippen molar-refractivity contribution in [3.63, 3.8) is 0 Å². The van der Waals surface area contributed by atoms with Crippen LogP contribution in [-0.2, 0) is 4.79 Å². The maximum atomic E-state index is 13.3. The van der Waals surface area contributed by atoms with Crippen LogP contribution < -0.4 is 11.1 Å². The summed E-state index contributed by atoms with van der Waals surface area (Å²) in [4.78, 5) is 22.3. The maximum absolute atomic E-state index is 13.3. The van der Waals surface area contributed by atoms with E-state index in [1.165, 1.54) is 12.1 Å². The lowest BCUT2D eigenvalue weighted by Gasteiger charge is -2.12. The van der Waals surface area contributed by atoms with E-state index >= 15 is 0 Å². The molecular weight excluding hydrogens is 227 g/mol. The summed E-state index contributed by atoms with van der Waals surface area (Å²) in [6.07, 6.45) is 0.406. The Morgan fingerprint density at radius 2 is 2.18 bits per heavy atom. The Morgan fingerprint density at radius 3 is 2.71 bits per heavy atom. The number of carbonyl (C=O) groups is 2. The van der Waals surface area contributed by atoms with Gasteiger partial charge in [0.25, 0.3) is 0 Å². The molecule has 0 aliphatic rings. The quantitative estimate of drug-likeness (QED) is 0.737. The number of benzene rings is 1. The van der Waals surface area contributed by atoms with Gasteiger partial charge in [-0.3, -0.25) is 4.79 Å². The highest BCUT2D eigenvalue weighted by Crippen LogP contribution is 2.19. The van der Waals surface area contributed by atoms with Crippen LogP contribution >= 0.6 is 0 Å². The van der Waals surface area contributed by atoms with Gasteiger partial charge in [0.1, 0.15) is 11.4 Å². The standard InChI is InChI=1S/C11H13FN2O3/c1-2-7(13)10(15)14-8-5-3-4-6(12)9(8)11(16)17/h3-5,7H,2,13H2,1H3,(H,14,15)(H,16,17)/t7-/m0/s1. The van der Waals surface area contributed by atoms with E-state index in [2.05, 4.69) is 5.32 Å². The van der Waals surface area contributed by atoms with Crippen molar-refractivity contribution < 1.29 is 19.1 Å². The summed E-state index contributed by atoms with van der Waals surface area (Å²) in [6.45, 7) is 1.72. The van der Waals surface area contributed by atoms with Crippen molar-refractivity contribution in [1.29, 1.82) is 0 Å². The minimum absolute atomic E-state index is 0.0913. The van der Waals surface area contributed by atoms with Crippen LogP contribution in [0.25, 0.3) is 0 Å². The number of hydrogen-bond acceptors (Lipinski definition) is 3. The Labute approximate surface area is 97.4 Å². The van der Waals surface area contributed by atoms with Gasteiger partial charge in [-0.2, -0.15) is 0 Å².